The smallest absolute Gasteiger partial charge is 0.135 e. The van der Waals surface area contributed by atoms with E-state index in [1.165, 1.54) is 19.3 Å². The van der Waals surface area contributed by atoms with Crippen molar-refractivity contribution in [2.75, 3.05) is 19.8 Å². The van der Waals surface area contributed by atoms with E-state index < -0.39 is 6.10 Å². The molecule has 0 saturated heterocycles. The quantitative estimate of drug-likeness (QED) is 0.329. The van der Waals surface area contributed by atoms with E-state index in [2.05, 4.69) is 44.2 Å². The van der Waals surface area contributed by atoms with E-state index >= 15 is 0 Å². The van der Waals surface area contributed by atoms with Gasteiger partial charge in [-0.1, -0.05) is 81.6 Å². The molecule has 2 unspecified atom stereocenters. The minimum atomic E-state index is -0.635. The number of rotatable bonds is 11. The molecule has 0 aliphatic rings. The third-order valence-electron chi connectivity index (χ3n) is 5.40. The zero-order valence-electron chi connectivity index (χ0n) is 17.1. The number of aliphatic hydroxyl groups is 1. The molecule has 3 aromatic rings. The highest BCUT2D eigenvalue weighted by atomic mass is 16.5. The lowest BCUT2D eigenvalue weighted by molar-refractivity contribution is 0.00842. The van der Waals surface area contributed by atoms with Crippen molar-refractivity contribution >= 4 is 21.5 Å². The van der Waals surface area contributed by atoms with Crippen molar-refractivity contribution in [1.29, 1.82) is 0 Å². The van der Waals surface area contributed by atoms with Crippen LogP contribution in [0.3, 0.4) is 0 Å². The van der Waals surface area contributed by atoms with Crippen LogP contribution in [0.2, 0.25) is 0 Å². The highest BCUT2D eigenvalue weighted by molar-refractivity contribution is 6.05. The SMILES string of the molecule is CCCC(CC)CCOCC(O)COc1c2ccccc2cc2ccccc12. The maximum atomic E-state index is 10.3. The van der Waals surface area contributed by atoms with E-state index in [1.54, 1.807) is 0 Å². The Kier molecular flexibility index (Phi) is 7.70. The first kappa shape index (κ1) is 20.6. The van der Waals surface area contributed by atoms with E-state index in [-0.39, 0.29) is 6.61 Å². The molecule has 1 N–H and O–H groups in total. The number of aliphatic hydroxyl groups excluding tert-OH is 1. The van der Waals surface area contributed by atoms with Gasteiger partial charge in [-0.3, -0.25) is 0 Å². The largest absolute Gasteiger partial charge is 0.489 e. The molecule has 0 heterocycles. The molecule has 0 spiro atoms. The number of hydrogen-bond donors (Lipinski definition) is 1. The van der Waals surface area contributed by atoms with Crippen LogP contribution in [0.15, 0.2) is 54.6 Å². The van der Waals surface area contributed by atoms with E-state index in [9.17, 15) is 5.11 Å². The summed E-state index contributed by atoms with van der Waals surface area (Å²) in [4.78, 5) is 0. The second-order valence-electron chi connectivity index (χ2n) is 7.54. The van der Waals surface area contributed by atoms with Crippen LogP contribution in [0.4, 0.5) is 0 Å². The molecule has 2 atom stereocenters. The molecule has 150 valence electrons. The topological polar surface area (TPSA) is 38.7 Å². The molecule has 0 aliphatic heterocycles. The van der Waals surface area contributed by atoms with Gasteiger partial charge in [0.1, 0.15) is 18.5 Å². The van der Waals surface area contributed by atoms with Gasteiger partial charge < -0.3 is 14.6 Å². The van der Waals surface area contributed by atoms with Gasteiger partial charge in [-0.05, 0) is 29.2 Å². The third kappa shape index (κ3) is 5.24. The van der Waals surface area contributed by atoms with Crippen LogP contribution >= 0.6 is 0 Å². The van der Waals surface area contributed by atoms with Crippen molar-refractivity contribution in [3.63, 3.8) is 0 Å². The lowest BCUT2D eigenvalue weighted by Crippen LogP contribution is -2.24. The Morgan fingerprint density at radius 3 is 2.11 bits per heavy atom. The van der Waals surface area contributed by atoms with Crippen LogP contribution in [0, 0.1) is 5.92 Å². The minimum absolute atomic E-state index is 0.226. The molecule has 3 rings (SSSR count). The summed E-state index contributed by atoms with van der Waals surface area (Å²) in [5.74, 6) is 1.56. The third-order valence-corrected chi connectivity index (χ3v) is 5.40. The normalized spacial score (nSPS) is 13.7. The molecule has 28 heavy (non-hydrogen) atoms. The maximum Gasteiger partial charge on any atom is 0.135 e. The van der Waals surface area contributed by atoms with E-state index in [1.807, 2.05) is 24.3 Å². The molecule has 0 radical (unpaired) electrons. The Labute approximate surface area is 168 Å². The fourth-order valence-corrected chi connectivity index (χ4v) is 3.79. The Bertz CT molecular complexity index is 820. The predicted octanol–water partition coefficient (Wildman–Crippen LogP) is 5.97. The molecule has 3 nitrogen and oxygen atoms in total. The Morgan fingerprint density at radius 2 is 1.50 bits per heavy atom. The summed E-state index contributed by atoms with van der Waals surface area (Å²) in [6, 6.07) is 18.6. The fourth-order valence-electron chi connectivity index (χ4n) is 3.79. The Balaban J connectivity index is 1.60. The zero-order chi connectivity index (χ0) is 19.8. The number of fused-ring (bicyclic) bond motifs is 2. The summed E-state index contributed by atoms with van der Waals surface area (Å²) in [6.07, 6.45) is 4.08. The number of ether oxygens (including phenoxy) is 2. The van der Waals surface area contributed by atoms with E-state index in [0.717, 1.165) is 39.6 Å². The van der Waals surface area contributed by atoms with Crippen LogP contribution < -0.4 is 4.74 Å². The standard InChI is InChI=1S/C25H32O3/c1-3-9-19(4-2)14-15-27-17-22(26)18-28-25-23-12-7-5-10-20(23)16-21-11-6-8-13-24(21)25/h5-8,10-13,16,19,22,26H,3-4,9,14-15,17-18H2,1-2H3. The van der Waals surface area contributed by atoms with E-state index in [4.69, 9.17) is 9.47 Å². The molecule has 0 fully saturated rings. The van der Waals surface area contributed by atoms with Crippen LogP contribution in [0.1, 0.15) is 39.5 Å². The minimum Gasteiger partial charge on any atom is -0.489 e. The second-order valence-corrected chi connectivity index (χ2v) is 7.54. The Morgan fingerprint density at radius 1 is 0.857 bits per heavy atom. The number of benzene rings is 3. The summed E-state index contributed by atoms with van der Waals surface area (Å²) < 4.78 is 11.8. The summed E-state index contributed by atoms with van der Waals surface area (Å²) in [5.41, 5.74) is 0. The van der Waals surface area contributed by atoms with Crippen molar-refractivity contribution in [3.8, 4) is 5.75 Å². The fraction of sp³-hybridized carbons (Fsp3) is 0.440. The van der Waals surface area contributed by atoms with Crippen molar-refractivity contribution in [3.05, 3.63) is 54.6 Å². The molecule has 0 amide bonds. The average molecular weight is 381 g/mol. The van der Waals surface area contributed by atoms with Crippen LogP contribution in [0.25, 0.3) is 21.5 Å². The monoisotopic (exact) mass is 380 g/mol. The van der Waals surface area contributed by atoms with Gasteiger partial charge in [0.2, 0.25) is 0 Å². The van der Waals surface area contributed by atoms with Crippen LogP contribution in [-0.4, -0.2) is 31.0 Å². The Hall–Kier alpha value is -2.10. The maximum absolute atomic E-state index is 10.3. The summed E-state index contributed by atoms with van der Waals surface area (Å²) in [5, 5.41) is 14.8. The molecular weight excluding hydrogens is 348 g/mol. The van der Waals surface area contributed by atoms with Crippen molar-refractivity contribution in [2.24, 2.45) is 5.92 Å². The van der Waals surface area contributed by atoms with Gasteiger partial charge in [-0.2, -0.15) is 0 Å². The zero-order valence-corrected chi connectivity index (χ0v) is 17.1. The van der Waals surface area contributed by atoms with Gasteiger partial charge >= 0.3 is 0 Å². The first-order valence-electron chi connectivity index (χ1n) is 10.5. The second kappa shape index (κ2) is 10.4. The lowest BCUT2D eigenvalue weighted by atomic mass is 9.98. The summed E-state index contributed by atoms with van der Waals surface area (Å²) in [6.45, 7) is 5.70. The average Bonchev–Trinajstić information content (AvgIpc) is 2.73. The summed E-state index contributed by atoms with van der Waals surface area (Å²) in [7, 11) is 0. The molecule has 3 heteroatoms. The first-order valence-corrected chi connectivity index (χ1v) is 10.5. The highest BCUT2D eigenvalue weighted by Gasteiger charge is 2.12. The molecule has 0 aliphatic carbocycles. The molecule has 0 saturated carbocycles. The van der Waals surface area contributed by atoms with Gasteiger partial charge in [-0.15, -0.1) is 0 Å². The van der Waals surface area contributed by atoms with Crippen molar-refractivity contribution < 1.29 is 14.6 Å². The molecule has 3 aromatic carbocycles. The predicted molar refractivity (Wildman–Crippen MR) is 117 cm³/mol. The molecular formula is C25H32O3. The van der Waals surface area contributed by atoms with Gasteiger partial charge in [0, 0.05) is 17.4 Å². The summed E-state index contributed by atoms with van der Waals surface area (Å²) >= 11 is 0. The highest BCUT2D eigenvalue weighted by Crippen LogP contribution is 2.34. The number of hydrogen-bond acceptors (Lipinski definition) is 3. The van der Waals surface area contributed by atoms with Gasteiger partial charge in [0.15, 0.2) is 0 Å². The van der Waals surface area contributed by atoms with E-state index in [0.29, 0.717) is 13.2 Å². The molecule has 0 aromatic heterocycles. The van der Waals surface area contributed by atoms with Crippen molar-refractivity contribution in [1.82, 2.24) is 0 Å². The van der Waals surface area contributed by atoms with Crippen molar-refractivity contribution in [2.45, 2.75) is 45.6 Å². The van der Waals surface area contributed by atoms with Gasteiger partial charge in [0.05, 0.1) is 6.61 Å². The van der Waals surface area contributed by atoms with Crippen LogP contribution in [0.5, 0.6) is 5.75 Å². The molecule has 0 bridgehead atoms. The lowest BCUT2D eigenvalue weighted by Gasteiger charge is -2.17. The van der Waals surface area contributed by atoms with Crippen LogP contribution in [-0.2, 0) is 4.74 Å². The first-order chi connectivity index (χ1) is 13.7. The van der Waals surface area contributed by atoms with Gasteiger partial charge in [-0.25, -0.2) is 0 Å². The van der Waals surface area contributed by atoms with Gasteiger partial charge in [0.25, 0.3) is 0 Å².